The van der Waals surface area contributed by atoms with E-state index in [9.17, 15) is 0 Å². The summed E-state index contributed by atoms with van der Waals surface area (Å²) in [5, 5.41) is 0. The molecule has 174 valence electrons. The van der Waals surface area contributed by atoms with Crippen LogP contribution >= 0.6 is 0 Å². The predicted octanol–water partition coefficient (Wildman–Crippen LogP) is 11.2. The van der Waals surface area contributed by atoms with Gasteiger partial charge in [0.05, 0.1) is 0 Å². The van der Waals surface area contributed by atoms with Crippen molar-refractivity contribution in [1.82, 2.24) is 0 Å². The van der Waals surface area contributed by atoms with Crippen molar-refractivity contribution in [3.05, 3.63) is 12.2 Å². The third-order valence-corrected chi connectivity index (χ3v) is 6.51. The second kappa shape index (κ2) is 25.8. The molecule has 0 aromatic heterocycles. The first kappa shape index (κ1) is 28.7. The normalized spacial score (nSPS) is 12.8. The Morgan fingerprint density at radius 3 is 1.24 bits per heavy atom. The van der Waals surface area contributed by atoms with E-state index in [0.717, 1.165) is 5.92 Å². The monoisotopic (exact) mass is 406 g/mol. The van der Waals surface area contributed by atoms with E-state index in [4.69, 9.17) is 0 Å². The van der Waals surface area contributed by atoms with Crippen molar-refractivity contribution in [2.45, 2.75) is 168 Å². The summed E-state index contributed by atoms with van der Waals surface area (Å²) in [6.45, 7) is 7.05. The molecule has 0 heteroatoms. The van der Waals surface area contributed by atoms with Gasteiger partial charge < -0.3 is 0 Å². The van der Waals surface area contributed by atoms with Gasteiger partial charge in [-0.3, -0.25) is 0 Å². The van der Waals surface area contributed by atoms with Gasteiger partial charge in [0.2, 0.25) is 0 Å². The summed E-state index contributed by atoms with van der Waals surface area (Å²) in [4.78, 5) is 0. The highest BCUT2D eigenvalue weighted by molar-refractivity contribution is 4.81. The number of unbranched alkanes of at least 4 members (excludes halogenated alkanes) is 18. The largest absolute Gasteiger partial charge is 0.0885 e. The van der Waals surface area contributed by atoms with Gasteiger partial charge in [-0.05, 0) is 31.6 Å². The van der Waals surface area contributed by atoms with Gasteiger partial charge in [0.15, 0.2) is 0 Å². The van der Waals surface area contributed by atoms with Crippen molar-refractivity contribution in [3.8, 4) is 0 Å². The minimum atomic E-state index is 0.936. The standard InChI is InChI=1S/C29H58/c1-4-6-8-10-12-14-15-16-17-18-19-20-22-24-26-28-29(3)27-25-23-21-13-11-9-7-5-2/h13,21,29H,4-12,14-20,22-28H2,1-3H3/b21-13+. The molecule has 0 amide bonds. The Morgan fingerprint density at radius 1 is 0.414 bits per heavy atom. The number of allylic oxidation sites excluding steroid dienone is 2. The quantitative estimate of drug-likeness (QED) is 0.110. The van der Waals surface area contributed by atoms with Crippen LogP contribution in [0.3, 0.4) is 0 Å². The van der Waals surface area contributed by atoms with Crippen LogP contribution in [0.5, 0.6) is 0 Å². The Bertz CT molecular complexity index is 303. The first-order chi connectivity index (χ1) is 14.3. The van der Waals surface area contributed by atoms with E-state index < -0.39 is 0 Å². The highest BCUT2D eigenvalue weighted by Gasteiger charge is 2.01. The van der Waals surface area contributed by atoms with Crippen LogP contribution in [0.2, 0.25) is 0 Å². The summed E-state index contributed by atoms with van der Waals surface area (Å²) in [6.07, 6.45) is 37.8. The fraction of sp³-hybridized carbons (Fsp3) is 0.931. The van der Waals surface area contributed by atoms with Crippen LogP contribution in [-0.2, 0) is 0 Å². The molecule has 0 aliphatic heterocycles. The van der Waals surface area contributed by atoms with Crippen LogP contribution in [0, 0.1) is 5.92 Å². The third-order valence-electron chi connectivity index (χ3n) is 6.51. The van der Waals surface area contributed by atoms with Crippen molar-refractivity contribution in [1.29, 1.82) is 0 Å². The molecule has 0 rings (SSSR count). The molecule has 29 heavy (non-hydrogen) atoms. The minimum absolute atomic E-state index is 0.936. The summed E-state index contributed by atoms with van der Waals surface area (Å²) >= 11 is 0. The molecular formula is C29H58. The molecule has 0 aromatic rings. The van der Waals surface area contributed by atoms with E-state index in [1.54, 1.807) is 0 Å². The highest BCUT2D eigenvalue weighted by Crippen LogP contribution is 2.18. The number of rotatable bonds is 24. The Hall–Kier alpha value is -0.260. The lowest BCUT2D eigenvalue weighted by Crippen LogP contribution is -1.94. The first-order valence-corrected chi connectivity index (χ1v) is 14.0. The summed E-state index contributed by atoms with van der Waals surface area (Å²) in [7, 11) is 0. The summed E-state index contributed by atoms with van der Waals surface area (Å²) in [5.41, 5.74) is 0. The zero-order valence-corrected chi connectivity index (χ0v) is 21.0. The fourth-order valence-electron chi connectivity index (χ4n) is 4.34. The Balaban J connectivity index is 3.16. The number of hydrogen-bond donors (Lipinski definition) is 0. The van der Waals surface area contributed by atoms with E-state index in [-0.39, 0.29) is 0 Å². The lowest BCUT2D eigenvalue weighted by Gasteiger charge is -2.10. The molecule has 0 fully saturated rings. The highest BCUT2D eigenvalue weighted by atomic mass is 14.1. The van der Waals surface area contributed by atoms with E-state index in [1.165, 1.54) is 148 Å². The summed E-state index contributed by atoms with van der Waals surface area (Å²) in [5.74, 6) is 0.936. The average molecular weight is 407 g/mol. The zero-order valence-electron chi connectivity index (χ0n) is 21.0. The van der Waals surface area contributed by atoms with E-state index in [2.05, 4.69) is 32.9 Å². The van der Waals surface area contributed by atoms with Crippen LogP contribution in [0.1, 0.15) is 168 Å². The van der Waals surface area contributed by atoms with Crippen molar-refractivity contribution < 1.29 is 0 Å². The summed E-state index contributed by atoms with van der Waals surface area (Å²) < 4.78 is 0. The van der Waals surface area contributed by atoms with Gasteiger partial charge in [0, 0.05) is 0 Å². The SMILES string of the molecule is CCCCC/C=C/CCCC(C)CCCCCCCCCCCCCCCCC. The fourth-order valence-corrected chi connectivity index (χ4v) is 4.34. The summed E-state index contributed by atoms with van der Waals surface area (Å²) in [6, 6.07) is 0. The second-order valence-corrected chi connectivity index (χ2v) is 9.74. The zero-order chi connectivity index (χ0) is 21.3. The molecule has 1 unspecified atom stereocenters. The van der Waals surface area contributed by atoms with Crippen LogP contribution in [-0.4, -0.2) is 0 Å². The average Bonchev–Trinajstić information content (AvgIpc) is 2.72. The van der Waals surface area contributed by atoms with Gasteiger partial charge in [0.1, 0.15) is 0 Å². The van der Waals surface area contributed by atoms with Crippen molar-refractivity contribution in [2.75, 3.05) is 0 Å². The van der Waals surface area contributed by atoms with Gasteiger partial charge in [-0.15, -0.1) is 0 Å². The van der Waals surface area contributed by atoms with Gasteiger partial charge in [-0.2, -0.15) is 0 Å². The van der Waals surface area contributed by atoms with Crippen molar-refractivity contribution in [2.24, 2.45) is 5.92 Å². The molecule has 0 aliphatic carbocycles. The van der Waals surface area contributed by atoms with Gasteiger partial charge in [-0.25, -0.2) is 0 Å². The van der Waals surface area contributed by atoms with Crippen LogP contribution in [0.25, 0.3) is 0 Å². The van der Waals surface area contributed by atoms with Gasteiger partial charge in [-0.1, -0.05) is 155 Å². The molecule has 0 bridgehead atoms. The molecule has 0 heterocycles. The Labute approximate surface area is 186 Å². The maximum absolute atomic E-state index is 2.47. The molecular weight excluding hydrogens is 348 g/mol. The van der Waals surface area contributed by atoms with Gasteiger partial charge in [0.25, 0.3) is 0 Å². The molecule has 0 saturated carbocycles. The lowest BCUT2D eigenvalue weighted by molar-refractivity contribution is 0.443. The molecule has 0 saturated heterocycles. The minimum Gasteiger partial charge on any atom is -0.0885 e. The van der Waals surface area contributed by atoms with Crippen molar-refractivity contribution >= 4 is 0 Å². The predicted molar refractivity (Wildman–Crippen MR) is 136 cm³/mol. The third kappa shape index (κ3) is 25.7. The molecule has 0 N–H and O–H groups in total. The second-order valence-electron chi connectivity index (χ2n) is 9.74. The first-order valence-electron chi connectivity index (χ1n) is 14.0. The van der Waals surface area contributed by atoms with Crippen LogP contribution in [0.15, 0.2) is 12.2 Å². The Morgan fingerprint density at radius 2 is 0.759 bits per heavy atom. The van der Waals surface area contributed by atoms with Crippen LogP contribution < -0.4 is 0 Å². The van der Waals surface area contributed by atoms with Crippen molar-refractivity contribution in [3.63, 3.8) is 0 Å². The van der Waals surface area contributed by atoms with E-state index in [0.29, 0.717) is 0 Å². The Kier molecular flexibility index (Phi) is 25.5. The van der Waals surface area contributed by atoms with E-state index in [1.807, 2.05) is 0 Å². The topological polar surface area (TPSA) is 0 Å². The molecule has 1 atom stereocenters. The molecule has 0 radical (unpaired) electrons. The number of hydrogen-bond acceptors (Lipinski definition) is 0. The molecule has 0 nitrogen and oxygen atoms in total. The molecule has 0 spiro atoms. The maximum Gasteiger partial charge on any atom is -0.0351 e. The lowest BCUT2D eigenvalue weighted by atomic mass is 9.96. The smallest absolute Gasteiger partial charge is 0.0351 e. The molecule has 0 aromatic carbocycles. The van der Waals surface area contributed by atoms with E-state index >= 15 is 0 Å². The molecule has 0 aliphatic rings. The maximum atomic E-state index is 2.47. The van der Waals surface area contributed by atoms with Crippen LogP contribution in [0.4, 0.5) is 0 Å². The van der Waals surface area contributed by atoms with Gasteiger partial charge >= 0.3 is 0 Å².